The van der Waals surface area contributed by atoms with Gasteiger partial charge < -0.3 is 15.2 Å². The largest absolute Gasteiger partial charge is 0.418 e. The SMILES string of the molecule is O=[N+]([O-])c1ccc(NCCOCCO)c(C(F)(F)F)c1. The Kier molecular flexibility index (Phi) is 5.71. The molecule has 0 atom stereocenters. The Morgan fingerprint density at radius 2 is 2.05 bits per heavy atom. The smallest absolute Gasteiger partial charge is 0.394 e. The van der Waals surface area contributed by atoms with Crippen LogP contribution >= 0.6 is 0 Å². The van der Waals surface area contributed by atoms with Crippen molar-refractivity contribution in [1.29, 1.82) is 0 Å². The molecule has 0 aromatic heterocycles. The number of nitrogens with one attached hydrogen (secondary N) is 1. The normalized spacial score (nSPS) is 11.4. The number of aliphatic hydroxyl groups is 1. The molecule has 0 radical (unpaired) electrons. The van der Waals surface area contributed by atoms with Gasteiger partial charge in [-0.1, -0.05) is 0 Å². The topological polar surface area (TPSA) is 84.6 Å². The van der Waals surface area contributed by atoms with E-state index in [1.807, 2.05) is 0 Å². The van der Waals surface area contributed by atoms with Crippen molar-refractivity contribution in [3.8, 4) is 0 Å². The maximum atomic E-state index is 12.8. The van der Waals surface area contributed by atoms with Crippen LogP contribution in [0.5, 0.6) is 0 Å². The number of nitro groups is 1. The van der Waals surface area contributed by atoms with Crippen molar-refractivity contribution >= 4 is 11.4 Å². The predicted molar refractivity (Wildman–Crippen MR) is 64.5 cm³/mol. The second kappa shape index (κ2) is 7.06. The zero-order valence-electron chi connectivity index (χ0n) is 10.3. The van der Waals surface area contributed by atoms with Gasteiger partial charge in [-0.25, -0.2) is 0 Å². The molecule has 0 bridgehead atoms. The highest BCUT2D eigenvalue weighted by atomic mass is 19.4. The van der Waals surface area contributed by atoms with E-state index in [0.717, 1.165) is 12.1 Å². The zero-order valence-corrected chi connectivity index (χ0v) is 10.3. The summed E-state index contributed by atoms with van der Waals surface area (Å²) in [5.41, 5.74) is -1.98. The molecule has 1 rings (SSSR count). The molecule has 2 N–H and O–H groups in total. The lowest BCUT2D eigenvalue weighted by molar-refractivity contribution is -0.385. The van der Waals surface area contributed by atoms with Crippen LogP contribution in [0.4, 0.5) is 24.5 Å². The summed E-state index contributed by atoms with van der Waals surface area (Å²) in [5, 5.41) is 21.5. The van der Waals surface area contributed by atoms with Gasteiger partial charge in [-0.05, 0) is 6.07 Å². The second-order valence-electron chi connectivity index (χ2n) is 3.75. The van der Waals surface area contributed by atoms with Crippen molar-refractivity contribution in [2.24, 2.45) is 0 Å². The van der Waals surface area contributed by atoms with Gasteiger partial charge in [-0.15, -0.1) is 0 Å². The third-order valence-corrected chi connectivity index (χ3v) is 2.32. The molecule has 0 saturated carbocycles. The van der Waals surface area contributed by atoms with Crippen molar-refractivity contribution in [3.63, 3.8) is 0 Å². The molecule has 0 unspecified atom stereocenters. The minimum atomic E-state index is -4.69. The lowest BCUT2D eigenvalue weighted by Gasteiger charge is -2.14. The first-order valence-corrected chi connectivity index (χ1v) is 5.64. The number of hydrogen-bond acceptors (Lipinski definition) is 5. The Hall–Kier alpha value is -1.87. The molecule has 0 spiro atoms. The monoisotopic (exact) mass is 294 g/mol. The number of nitro benzene ring substituents is 1. The summed E-state index contributed by atoms with van der Waals surface area (Å²) in [6, 6.07) is 2.48. The number of non-ortho nitro benzene ring substituents is 1. The molecule has 1 aromatic carbocycles. The number of anilines is 1. The van der Waals surface area contributed by atoms with E-state index in [2.05, 4.69) is 5.32 Å². The van der Waals surface area contributed by atoms with Crippen LogP contribution in [0.15, 0.2) is 18.2 Å². The van der Waals surface area contributed by atoms with Crippen molar-refractivity contribution in [2.45, 2.75) is 6.18 Å². The van der Waals surface area contributed by atoms with Crippen molar-refractivity contribution in [2.75, 3.05) is 31.7 Å². The maximum Gasteiger partial charge on any atom is 0.418 e. The van der Waals surface area contributed by atoms with E-state index in [1.54, 1.807) is 0 Å². The van der Waals surface area contributed by atoms with E-state index < -0.39 is 22.4 Å². The minimum absolute atomic E-state index is 0.0842. The van der Waals surface area contributed by atoms with E-state index in [-0.39, 0.29) is 32.1 Å². The maximum absolute atomic E-state index is 12.8. The summed E-state index contributed by atoms with van der Waals surface area (Å²) in [4.78, 5) is 9.61. The lowest BCUT2D eigenvalue weighted by atomic mass is 10.1. The molecule has 0 saturated heterocycles. The molecule has 0 aliphatic heterocycles. The number of alkyl halides is 3. The van der Waals surface area contributed by atoms with Crippen LogP contribution in [0.1, 0.15) is 5.56 Å². The third-order valence-electron chi connectivity index (χ3n) is 2.32. The molecule has 112 valence electrons. The van der Waals surface area contributed by atoms with E-state index in [4.69, 9.17) is 9.84 Å². The fraction of sp³-hybridized carbons (Fsp3) is 0.455. The molecule has 0 aliphatic rings. The molecule has 0 amide bonds. The van der Waals surface area contributed by atoms with Gasteiger partial charge in [0.2, 0.25) is 0 Å². The third kappa shape index (κ3) is 4.67. The number of benzene rings is 1. The van der Waals surface area contributed by atoms with Gasteiger partial charge in [-0.2, -0.15) is 13.2 Å². The molecular formula is C11H13F3N2O4. The average molecular weight is 294 g/mol. The highest BCUT2D eigenvalue weighted by Gasteiger charge is 2.35. The fourth-order valence-electron chi connectivity index (χ4n) is 1.46. The predicted octanol–water partition coefficient (Wildman–Crippen LogP) is 2.03. The molecule has 6 nitrogen and oxygen atoms in total. The molecule has 0 fully saturated rings. The van der Waals surface area contributed by atoms with Crippen LogP contribution in [0.3, 0.4) is 0 Å². The van der Waals surface area contributed by atoms with Gasteiger partial charge in [0.1, 0.15) is 0 Å². The van der Waals surface area contributed by atoms with Gasteiger partial charge in [0.05, 0.1) is 30.3 Å². The van der Waals surface area contributed by atoms with E-state index in [0.29, 0.717) is 6.07 Å². The average Bonchev–Trinajstić information content (AvgIpc) is 2.37. The van der Waals surface area contributed by atoms with E-state index in [9.17, 15) is 23.3 Å². The quantitative estimate of drug-likeness (QED) is 0.456. The second-order valence-corrected chi connectivity index (χ2v) is 3.75. The molecule has 1 aromatic rings. The Morgan fingerprint density at radius 3 is 2.60 bits per heavy atom. The highest BCUT2D eigenvalue weighted by molar-refractivity contribution is 5.57. The fourth-order valence-corrected chi connectivity index (χ4v) is 1.46. The first-order valence-electron chi connectivity index (χ1n) is 5.64. The first kappa shape index (κ1) is 16.2. The summed E-state index contributed by atoms with van der Waals surface area (Å²) in [6.07, 6.45) is -4.69. The standard InChI is InChI=1S/C11H13F3N2O4/c12-11(13,14)9-7-8(16(18)19)1-2-10(9)15-3-5-20-6-4-17/h1-2,7,15,17H,3-6H2. The zero-order chi connectivity index (χ0) is 15.2. The number of rotatable bonds is 7. The van der Waals surface area contributed by atoms with Gasteiger partial charge in [0.15, 0.2) is 0 Å². The Morgan fingerprint density at radius 1 is 1.35 bits per heavy atom. The van der Waals surface area contributed by atoms with Gasteiger partial charge in [0, 0.05) is 24.4 Å². The van der Waals surface area contributed by atoms with E-state index in [1.165, 1.54) is 0 Å². The molecular weight excluding hydrogens is 281 g/mol. The summed E-state index contributed by atoms with van der Waals surface area (Å²) >= 11 is 0. The van der Waals surface area contributed by atoms with Gasteiger partial charge in [0.25, 0.3) is 5.69 Å². The van der Waals surface area contributed by atoms with Crippen LogP contribution in [0, 0.1) is 10.1 Å². The minimum Gasteiger partial charge on any atom is -0.394 e. The summed E-state index contributed by atoms with van der Waals surface area (Å²) in [6.45, 7) is 0.106. The van der Waals surface area contributed by atoms with Crippen molar-refractivity contribution < 1.29 is 27.9 Å². The lowest BCUT2D eigenvalue weighted by Crippen LogP contribution is -2.15. The number of ether oxygens (including phenoxy) is 1. The number of aliphatic hydroxyl groups excluding tert-OH is 1. The summed E-state index contributed by atoms with van der Waals surface area (Å²) in [5.74, 6) is 0. The van der Waals surface area contributed by atoms with Crippen molar-refractivity contribution in [3.05, 3.63) is 33.9 Å². The highest BCUT2D eigenvalue weighted by Crippen LogP contribution is 2.36. The van der Waals surface area contributed by atoms with Gasteiger partial charge in [-0.3, -0.25) is 10.1 Å². The molecule has 0 aliphatic carbocycles. The van der Waals surface area contributed by atoms with Crippen LogP contribution < -0.4 is 5.32 Å². The van der Waals surface area contributed by atoms with Crippen LogP contribution in [0.2, 0.25) is 0 Å². The van der Waals surface area contributed by atoms with Crippen LogP contribution in [0.25, 0.3) is 0 Å². The summed E-state index contributed by atoms with van der Waals surface area (Å²) < 4.78 is 43.3. The number of nitrogens with zero attached hydrogens (tertiary/aromatic N) is 1. The van der Waals surface area contributed by atoms with Crippen molar-refractivity contribution in [1.82, 2.24) is 0 Å². The number of halogens is 3. The Labute approximate surface area is 112 Å². The molecule has 20 heavy (non-hydrogen) atoms. The Balaban J connectivity index is 2.81. The van der Waals surface area contributed by atoms with Crippen LogP contribution in [-0.4, -0.2) is 36.4 Å². The molecule has 9 heteroatoms. The first-order chi connectivity index (χ1) is 9.36. The van der Waals surface area contributed by atoms with Gasteiger partial charge >= 0.3 is 6.18 Å². The number of hydrogen-bond donors (Lipinski definition) is 2. The van der Waals surface area contributed by atoms with Crippen LogP contribution in [-0.2, 0) is 10.9 Å². The Bertz CT molecular complexity index is 465. The van der Waals surface area contributed by atoms with E-state index >= 15 is 0 Å². The summed E-state index contributed by atoms with van der Waals surface area (Å²) in [7, 11) is 0. The molecule has 0 heterocycles.